The lowest BCUT2D eigenvalue weighted by Gasteiger charge is -2.44. The fraction of sp³-hybridized carbons (Fsp3) is 0.600. The molecule has 1 aliphatic carbocycles. The second kappa shape index (κ2) is 5.61. The van der Waals surface area contributed by atoms with Gasteiger partial charge in [0.05, 0.1) is 15.6 Å². The van der Waals surface area contributed by atoms with Gasteiger partial charge >= 0.3 is 0 Å². The van der Waals surface area contributed by atoms with Crippen molar-refractivity contribution in [3.05, 3.63) is 33.8 Å². The molecule has 106 valence electrons. The summed E-state index contributed by atoms with van der Waals surface area (Å²) in [6, 6.07) is 5.83. The van der Waals surface area contributed by atoms with Gasteiger partial charge in [0.25, 0.3) is 0 Å². The van der Waals surface area contributed by atoms with Crippen molar-refractivity contribution in [2.75, 3.05) is 13.6 Å². The van der Waals surface area contributed by atoms with E-state index in [9.17, 15) is 5.11 Å². The average molecular weight is 302 g/mol. The molecular formula is C15H21Cl2NO. The van der Waals surface area contributed by atoms with Crippen LogP contribution >= 0.6 is 23.2 Å². The third-order valence-corrected chi connectivity index (χ3v) is 4.88. The third-order valence-electron chi connectivity index (χ3n) is 4.14. The molecule has 2 rings (SSSR count). The van der Waals surface area contributed by atoms with E-state index in [0.717, 1.165) is 37.8 Å². The molecule has 1 saturated carbocycles. The standard InChI is InChI=1S/C15H21Cl2NO/c1-14(19)6-3-7-15(9-14,10-18-2)11-4-5-12(16)13(17)8-11/h4-5,8,18-19H,3,6-7,9-10H2,1-2H3/t14-,15-/m1/s1. The molecule has 1 aromatic carbocycles. The highest BCUT2D eigenvalue weighted by Gasteiger charge is 2.42. The van der Waals surface area contributed by atoms with Crippen LogP contribution in [-0.2, 0) is 5.41 Å². The minimum Gasteiger partial charge on any atom is -0.390 e. The van der Waals surface area contributed by atoms with E-state index < -0.39 is 5.60 Å². The van der Waals surface area contributed by atoms with Gasteiger partial charge in [0.15, 0.2) is 0 Å². The molecule has 0 aliphatic heterocycles. The molecule has 0 saturated heterocycles. The van der Waals surface area contributed by atoms with Crippen LogP contribution in [0.5, 0.6) is 0 Å². The van der Waals surface area contributed by atoms with E-state index in [1.165, 1.54) is 0 Å². The summed E-state index contributed by atoms with van der Waals surface area (Å²) in [5.41, 5.74) is 0.489. The maximum Gasteiger partial charge on any atom is 0.0628 e. The molecular weight excluding hydrogens is 281 g/mol. The second-order valence-electron chi connectivity index (χ2n) is 5.97. The number of rotatable bonds is 3. The highest BCUT2D eigenvalue weighted by Crippen LogP contribution is 2.44. The predicted octanol–water partition coefficient (Wildman–Crippen LogP) is 3.78. The number of hydrogen-bond acceptors (Lipinski definition) is 2. The molecule has 1 aromatic rings. The Balaban J connectivity index is 2.40. The van der Waals surface area contributed by atoms with Crippen LogP contribution in [0.2, 0.25) is 10.0 Å². The maximum atomic E-state index is 10.4. The summed E-state index contributed by atoms with van der Waals surface area (Å²) in [5, 5.41) is 14.9. The predicted molar refractivity (Wildman–Crippen MR) is 81.2 cm³/mol. The van der Waals surface area contributed by atoms with Gasteiger partial charge in [0.1, 0.15) is 0 Å². The largest absolute Gasteiger partial charge is 0.390 e. The molecule has 0 bridgehead atoms. The van der Waals surface area contributed by atoms with E-state index in [4.69, 9.17) is 23.2 Å². The second-order valence-corrected chi connectivity index (χ2v) is 6.78. The average Bonchev–Trinajstić information content (AvgIpc) is 2.31. The number of hydrogen-bond donors (Lipinski definition) is 2. The van der Waals surface area contributed by atoms with Gasteiger partial charge in [-0.05, 0) is 57.4 Å². The molecule has 0 amide bonds. The Morgan fingerprint density at radius 2 is 2.00 bits per heavy atom. The third kappa shape index (κ3) is 3.25. The lowest BCUT2D eigenvalue weighted by Crippen LogP contribution is -2.47. The van der Waals surface area contributed by atoms with Crippen molar-refractivity contribution in [3.8, 4) is 0 Å². The lowest BCUT2D eigenvalue weighted by atomic mass is 9.64. The van der Waals surface area contributed by atoms with Gasteiger partial charge in [-0.1, -0.05) is 29.3 Å². The van der Waals surface area contributed by atoms with Crippen molar-refractivity contribution in [2.45, 2.75) is 43.6 Å². The zero-order chi connectivity index (χ0) is 14.1. The summed E-state index contributed by atoms with van der Waals surface area (Å²) < 4.78 is 0. The van der Waals surface area contributed by atoms with Crippen LogP contribution in [0, 0.1) is 0 Å². The summed E-state index contributed by atoms with van der Waals surface area (Å²) in [4.78, 5) is 0. The van der Waals surface area contributed by atoms with Gasteiger partial charge in [-0.15, -0.1) is 0 Å². The molecule has 19 heavy (non-hydrogen) atoms. The normalized spacial score (nSPS) is 31.4. The molecule has 0 aromatic heterocycles. The van der Waals surface area contributed by atoms with Crippen LogP contribution < -0.4 is 5.32 Å². The molecule has 2 atom stereocenters. The smallest absolute Gasteiger partial charge is 0.0628 e. The van der Waals surface area contributed by atoms with Crippen molar-refractivity contribution in [2.24, 2.45) is 0 Å². The van der Waals surface area contributed by atoms with Gasteiger partial charge in [0.2, 0.25) is 0 Å². The first-order valence-electron chi connectivity index (χ1n) is 6.71. The SMILES string of the molecule is CNC[C@@]1(c2ccc(Cl)c(Cl)c2)CCC[C@@](C)(O)C1. The van der Waals surface area contributed by atoms with Crippen LogP contribution in [0.25, 0.3) is 0 Å². The first kappa shape index (κ1) is 15.1. The Labute approximate surface area is 125 Å². The number of benzene rings is 1. The molecule has 0 unspecified atom stereocenters. The fourth-order valence-electron chi connectivity index (χ4n) is 3.38. The Morgan fingerprint density at radius 1 is 1.26 bits per heavy atom. The number of nitrogens with one attached hydrogen (secondary N) is 1. The number of likely N-dealkylation sites (N-methyl/N-ethyl adjacent to an activating group) is 1. The molecule has 4 heteroatoms. The summed E-state index contributed by atoms with van der Waals surface area (Å²) in [6.07, 6.45) is 3.69. The van der Waals surface area contributed by atoms with Gasteiger partial charge in [-0.25, -0.2) is 0 Å². The van der Waals surface area contributed by atoms with Crippen molar-refractivity contribution in [1.82, 2.24) is 5.32 Å². The van der Waals surface area contributed by atoms with E-state index in [-0.39, 0.29) is 5.41 Å². The van der Waals surface area contributed by atoms with Crippen LogP contribution in [0.15, 0.2) is 18.2 Å². The molecule has 0 spiro atoms. The Kier molecular flexibility index (Phi) is 4.46. The summed E-state index contributed by atoms with van der Waals surface area (Å²) in [6.45, 7) is 2.76. The quantitative estimate of drug-likeness (QED) is 0.890. The van der Waals surface area contributed by atoms with Gasteiger partial charge < -0.3 is 10.4 Å². The monoisotopic (exact) mass is 301 g/mol. The van der Waals surface area contributed by atoms with Crippen molar-refractivity contribution >= 4 is 23.2 Å². The maximum absolute atomic E-state index is 10.4. The highest BCUT2D eigenvalue weighted by atomic mass is 35.5. The van der Waals surface area contributed by atoms with E-state index in [1.807, 2.05) is 32.2 Å². The van der Waals surface area contributed by atoms with Crippen LogP contribution in [0.1, 0.15) is 38.2 Å². The molecule has 0 heterocycles. The van der Waals surface area contributed by atoms with Crippen molar-refractivity contribution in [1.29, 1.82) is 0 Å². The molecule has 2 N–H and O–H groups in total. The van der Waals surface area contributed by atoms with Crippen LogP contribution in [-0.4, -0.2) is 24.3 Å². The first-order chi connectivity index (χ1) is 8.88. The zero-order valence-corrected chi connectivity index (χ0v) is 13.0. The molecule has 1 aliphatic rings. The summed E-state index contributed by atoms with van der Waals surface area (Å²) >= 11 is 12.2. The van der Waals surface area contributed by atoms with Gasteiger partial charge in [-0.3, -0.25) is 0 Å². The van der Waals surface area contributed by atoms with Gasteiger partial charge in [-0.2, -0.15) is 0 Å². The number of halogens is 2. The Hall–Kier alpha value is -0.280. The van der Waals surface area contributed by atoms with Crippen molar-refractivity contribution in [3.63, 3.8) is 0 Å². The lowest BCUT2D eigenvalue weighted by molar-refractivity contribution is -0.00966. The van der Waals surface area contributed by atoms with E-state index >= 15 is 0 Å². The van der Waals surface area contributed by atoms with Crippen molar-refractivity contribution < 1.29 is 5.11 Å². The Bertz CT molecular complexity index is 457. The molecule has 0 radical (unpaired) electrons. The number of aliphatic hydroxyl groups is 1. The first-order valence-corrected chi connectivity index (χ1v) is 7.47. The molecule has 2 nitrogen and oxygen atoms in total. The van der Waals surface area contributed by atoms with Crippen LogP contribution in [0.3, 0.4) is 0 Å². The van der Waals surface area contributed by atoms with Crippen LogP contribution in [0.4, 0.5) is 0 Å². The van der Waals surface area contributed by atoms with E-state index in [2.05, 4.69) is 5.32 Å². The van der Waals surface area contributed by atoms with Gasteiger partial charge in [0, 0.05) is 12.0 Å². The Morgan fingerprint density at radius 3 is 2.58 bits per heavy atom. The summed E-state index contributed by atoms with van der Waals surface area (Å²) in [5.74, 6) is 0. The van der Waals surface area contributed by atoms with E-state index in [0.29, 0.717) is 10.0 Å². The topological polar surface area (TPSA) is 32.3 Å². The minimum atomic E-state index is -0.610. The molecule has 1 fully saturated rings. The summed E-state index contributed by atoms with van der Waals surface area (Å²) in [7, 11) is 1.95. The highest BCUT2D eigenvalue weighted by molar-refractivity contribution is 6.42. The minimum absolute atomic E-state index is 0.0648. The van der Waals surface area contributed by atoms with E-state index in [1.54, 1.807) is 0 Å². The zero-order valence-electron chi connectivity index (χ0n) is 11.5. The fourth-order valence-corrected chi connectivity index (χ4v) is 3.68.